The van der Waals surface area contributed by atoms with Gasteiger partial charge in [-0.05, 0) is 80.1 Å². The Bertz CT molecular complexity index is 1330. The fourth-order valence-corrected chi connectivity index (χ4v) is 6.93. The molecule has 0 unspecified atom stereocenters. The van der Waals surface area contributed by atoms with Crippen LogP contribution in [0.4, 0.5) is 35.5 Å². The zero-order valence-electron chi connectivity index (χ0n) is 22.6. The lowest BCUT2D eigenvalue weighted by atomic mass is 9.92. The van der Waals surface area contributed by atoms with Crippen LogP contribution < -0.4 is 0 Å². The Labute approximate surface area is 233 Å². The van der Waals surface area contributed by atoms with Gasteiger partial charge >= 0.3 is 18.4 Å². The van der Waals surface area contributed by atoms with Crippen molar-refractivity contribution in [3.63, 3.8) is 0 Å². The lowest BCUT2D eigenvalue weighted by molar-refractivity contribution is -0.143. The second-order valence-corrected chi connectivity index (χ2v) is 12.7. The van der Waals surface area contributed by atoms with Gasteiger partial charge in [0.05, 0.1) is 34.3 Å². The van der Waals surface area contributed by atoms with Crippen LogP contribution in [0.1, 0.15) is 53.6 Å². The number of sulfone groups is 1. The third-order valence-electron chi connectivity index (χ3n) is 7.08. The highest BCUT2D eigenvalue weighted by atomic mass is 32.2. The van der Waals surface area contributed by atoms with E-state index < -0.39 is 68.3 Å². The Morgan fingerprint density at radius 2 is 1.66 bits per heavy atom. The summed E-state index contributed by atoms with van der Waals surface area (Å²) in [5.41, 5.74) is -2.21. The number of halogens is 7. The third kappa shape index (κ3) is 8.12. The number of hydrogen-bond acceptors (Lipinski definition) is 4. The predicted octanol–water partition coefficient (Wildman–Crippen LogP) is 5.77. The van der Waals surface area contributed by atoms with Crippen molar-refractivity contribution in [3.8, 4) is 0 Å². The van der Waals surface area contributed by atoms with E-state index in [2.05, 4.69) is 0 Å². The van der Waals surface area contributed by atoms with Gasteiger partial charge in [0.15, 0.2) is 9.84 Å². The minimum Gasteiger partial charge on any atom is -0.392 e. The smallest absolute Gasteiger partial charge is 0.392 e. The number of likely N-dealkylation sites (tertiary alicyclic amines) is 1. The summed E-state index contributed by atoms with van der Waals surface area (Å²) in [7, 11) is -2.41. The average molecular weight is 613 g/mol. The highest BCUT2D eigenvalue weighted by Gasteiger charge is 2.40. The Hall–Kier alpha value is -2.87. The molecule has 14 heteroatoms. The van der Waals surface area contributed by atoms with Gasteiger partial charge in [-0.2, -0.15) is 26.3 Å². The van der Waals surface area contributed by atoms with Crippen LogP contribution in [0.15, 0.2) is 36.4 Å². The lowest BCUT2D eigenvalue weighted by Crippen LogP contribution is -2.50. The van der Waals surface area contributed by atoms with Crippen molar-refractivity contribution in [3.05, 3.63) is 70.0 Å². The Balaban J connectivity index is 1.86. The van der Waals surface area contributed by atoms with Crippen molar-refractivity contribution in [2.45, 2.75) is 62.9 Å². The maximum atomic E-state index is 13.8. The summed E-state index contributed by atoms with van der Waals surface area (Å²) in [6, 6.07) is 3.68. The fraction of sp³-hybridized carbons (Fsp3) is 0.519. The Morgan fingerprint density at radius 3 is 2.17 bits per heavy atom. The van der Waals surface area contributed by atoms with Crippen molar-refractivity contribution in [1.82, 2.24) is 9.80 Å². The van der Waals surface area contributed by atoms with Crippen LogP contribution in [0, 0.1) is 12.7 Å². The second kappa shape index (κ2) is 12.2. The summed E-state index contributed by atoms with van der Waals surface area (Å²) < 4.78 is 119. The van der Waals surface area contributed by atoms with E-state index >= 15 is 0 Å². The normalized spacial score (nSPS) is 19.2. The summed E-state index contributed by atoms with van der Waals surface area (Å²) in [5.74, 6) is -1.01. The number of likely N-dealkylation sites (N-methyl/N-ethyl adjacent to an activating group) is 1. The molecule has 1 fully saturated rings. The number of carbonyl (C=O) groups is 1. The molecule has 0 aliphatic carbocycles. The summed E-state index contributed by atoms with van der Waals surface area (Å²) >= 11 is 0. The first-order valence-electron chi connectivity index (χ1n) is 12.8. The number of aliphatic hydroxyl groups is 1. The molecule has 0 spiro atoms. The van der Waals surface area contributed by atoms with Gasteiger partial charge in [0.1, 0.15) is 5.82 Å². The number of urea groups is 1. The standard InChI is InChI=1S/C27H31F7N2O4S/c1-16-10-21(28)4-5-23(16)24-14-22(41(39,40)15-17(2)37)7-9-36(24)25(38)35(3)8-6-18-11-19(26(29,30)31)13-20(12-18)27(32,33)34/h4-5,10-13,17,22,24,37H,6-9,14-15H2,1-3H3/t17-,22-,24+/m0/s1. The molecule has 1 N–H and O–H groups in total. The number of hydrogen-bond donors (Lipinski definition) is 1. The molecule has 0 saturated carbocycles. The molecule has 41 heavy (non-hydrogen) atoms. The van der Waals surface area contributed by atoms with E-state index in [1.807, 2.05) is 0 Å². The molecule has 2 aromatic carbocycles. The molecule has 1 aliphatic heterocycles. The van der Waals surface area contributed by atoms with Gasteiger partial charge in [-0.15, -0.1) is 0 Å². The molecule has 0 bridgehead atoms. The van der Waals surface area contributed by atoms with Crippen molar-refractivity contribution >= 4 is 15.9 Å². The van der Waals surface area contributed by atoms with Gasteiger partial charge in [0.2, 0.25) is 0 Å². The maximum absolute atomic E-state index is 13.8. The third-order valence-corrected chi connectivity index (χ3v) is 9.47. The van der Waals surface area contributed by atoms with Crippen LogP contribution in [0.5, 0.6) is 0 Å². The van der Waals surface area contributed by atoms with Gasteiger partial charge in [0.25, 0.3) is 0 Å². The number of amides is 2. The van der Waals surface area contributed by atoms with Gasteiger partial charge < -0.3 is 14.9 Å². The van der Waals surface area contributed by atoms with Crippen LogP contribution in [0.2, 0.25) is 0 Å². The zero-order chi connectivity index (χ0) is 30.9. The number of carbonyl (C=O) groups excluding carboxylic acids is 1. The molecule has 228 valence electrons. The molecule has 0 radical (unpaired) electrons. The van der Waals surface area contributed by atoms with Gasteiger partial charge in [-0.3, -0.25) is 0 Å². The number of benzene rings is 2. The molecule has 2 aromatic rings. The van der Waals surface area contributed by atoms with Crippen LogP contribution in [-0.2, 0) is 28.6 Å². The average Bonchev–Trinajstić information content (AvgIpc) is 2.84. The molecule has 6 nitrogen and oxygen atoms in total. The molecule has 3 rings (SSSR count). The van der Waals surface area contributed by atoms with E-state index in [1.165, 1.54) is 37.1 Å². The molecule has 3 atom stereocenters. The minimum atomic E-state index is -5.00. The van der Waals surface area contributed by atoms with Crippen LogP contribution in [0.3, 0.4) is 0 Å². The zero-order valence-corrected chi connectivity index (χ0v) is 23.4. The van der Waals surface area contributed by atoms with E-state index in [0.717, 1.165) is 4.90 Å². The molecule has 1 aliphatic rings. The summed E-state index contributed by atoms with van der Waals surface area (Å²) in [6.45, 7) is 2.68. The monoisotopic (exact) mass is 612 g/mol. The Kier molecular flexibility index (Phi) is 9.68. The van der Waals surface area contributed by atoms with Crippen LogP contribution in [0.25, 0.3) is 0 Å². The second-order valence-electron chi connectivity index (χ2n) is 10.4. The van der Waals surface area contributed by atoms with Crippen molar-refractivity contribution in [1.29, 1.82) is 0 Å². The van der Waals surface area contributed by atoms with Gasteiger partial charge in [-0.25, -0.2) is 17.6 Å². The molecule has 0 aromatic heterocycles. The van der Waals surface area contributed by atoms with E-state index in [-0.39, 0.29) is 44.0 Å². The quantitative estimate of drug-likeness (QED) is 0.403. The molecular formula is C27H31F7N2O4S. The van der Waals surface area contributed by atoms with E-state index in [1.54, 1.807) is 6.92 Å². The minimum absolute atomic E-state index is 0.0315. The summed E-state index contributed by atoms with van der Waals surface area (Å²) in [4.78, 5) is 16.0. The number of piperidine rings is 1. The molecule has 2 amide bonds. The summed E-state index contributed by atoms with van der Waals surface area (Å²) in [6.07, 6.45) is -11.4. The number of aryl methyl sites for hydroxylation is 1. The molecule has 1 heterocycles. The number of aliphatic hydroxyl groups excluding tert-OH is 1. The fourth-order valence-electron chi connectivity index (χ4n) is 5.04. The van der Waals surface area contributed by atoms with Gasteiger partial charge in [0, 0.05) is 20.1 Å². The highest BCUT2D eigenvalue weighted by molar-refractivity contribution is 7.92. The van der Waals surface area contributed by atoms with Crippen LogP contribution >= 0.6 is 0 Å². The first-order valence-corrected chi connectivity index (χ1v) is 14.5. The van der Waals surface area contributed by atoms with Crippen LogP contribution in [-0.4, -0.2) is 66.6 Å². The lowest BCUT2D eigenvalue weighted by Gasteiger charge is -2.41. The van der Waals surface area contributed by atoms with E-state index in [9.17, 15) is 49.1 Å². The number of alkyl halides is 6. The molecular weight excluding hydrogens is 581 g/mol. The topological polar surface area (TPSA) is 77.9 Å². The SMILES string of the molecule is Cc1cc(F)ccc1[C@H]1C[C@@H](S(=O)(=O)C[C@H](C)O)CCN1C(=O)N(C)CCc1cc(C(F)(F)F)cc(C(F)(F)F)c1. The van der Waals surface area contributed by atoms with Crippen molar-refractivity contribution in [2.24, 2.45) is 0 Å². The number of nitrogens with zero attached hydrogens (tertiary/aromatic N) is 2. The first-order chi connectivity index (χ1) is 18.8. The van der Waals surface area contributed by atoms with Gasteiger partial charge in [-0.1, -0.05) is 6.07 Å². The Morgan fingerprint density at radius 1 is 1.07 bits per heavy atom. The van der Waals surface area contributed by atoms with Crippen molar-refractivity contribution < 1.29 is 49.1 Å². The highest BCUT2D eigenvalue weighted by Crippen LogP contribution is 2.38. The van der Waals surface area contributed by atoms with E-state index in [4.69, 9.17) is 0 Å². The summed E-state index contributed by atoms with van der Waals surface area (Å²) in [5, 5.41) is 8.75. The van der Waals surface area contributed by atoms with Crippen molar-refractivity contribution in [2.75, 3.05) is 25.9 Å². The van der Waals surface area contributed by atoms with E-state index in [0.29, 0.717) is 23.3 Å². The maximum Gasteiger partial charge on any atom is 0.416 e. The number of rotatable bonds is 7. The largest absolute Gasteiger partial charge is 0.416 e. The molecule has 1 saturated heterocycles. The predicted molar refractivity (Wildman–Crippen MR) is 137 cm³/mol. The first kappa shape index (κ1) is 32.6.